The first kappa shape index (κ1) is 24.9. The van der Waals surface area contributed by atoms with Crippen LogP contribution < -0.4 is 18.9 Å². The van der Waals surface area contributed by atoms with Gasteiger partial charge in [-0.25, -0.2) is 0 Å². The second kappa shape index (κ2) is 13.1. The molecule has 8 nitrogen and oxygen atoms in total. The molecule has 0 radical (unpaired) electrons. The van der Waals surface area contributed by atoms with Crippen LogP contribution >= 0.6 is 0 Å². The van der Waals surface area contributed by atoms with E-state index >= 15 is 0 Å². The minimum atomic E-state index is -0.0628. The van der Waals surface area contributed by atoms with E-state index in [9.17, 15) is 20.4 Å². The first-order valence-electron chi connectivity index (χ1n) is 9.83. The van der Waals surface area contributed by atoms with E-state index in [0.717, 1.165) is 25.7 Å². The van der Waals surface area contributed by atoms with Crippen molar-refractivity contribution in [3.8, 4) is 46.0 Å². The minimum Gasteiger partial charge on any atom is -0.504 e. The van der Waals surface area contributed by atoms with Crippen molar-refractivity contribution < 1.29 is 39.4 Å². The van der Waals surface area contributed by atoms with Gasteiger partial charge in [-0.1, -0.05) is 26.7 Å². The van der Waals surface area contributed by atoms with Crippen LogP contribution in [0.3, 0.4) is 0 Å². The molecule has 0 heterocycles. The third-order valence-electron chi connectivity index (χ3n) is 4.03. The van der Waals surface area contributed by atoms with Gasteiger partial charge in [0.25, 0.3) is 0 Å². The lowest BCUT2D eigenvalue weighted by atomic mass is 10.2. The fraction of sp³-hybridized carbons (Fsp3) is 0.455. The summed E-state index contributed by atoms with van der Waals surface area (Å²) >= 11 is 0. The fourth-order valence-corrected chi connectivity index (χ4v) is 2.29. The molecule has 0 saturated carbocycles. The summed E-state index contributed by atoms with van der Waals surface area (Å²) in [6, 6.07) is 5.36. The number of phenolic OH excluding ortho intramolecular Hbond substituents is 4. The zero-order chi connectivity index (χ0) is 22.5. The van der Waals surface area contributed by atoms with Crippen molar-refractivity contribution in [3.05, 3.63) is 24.3 Å². The number of ether oxygens (including phenoxy) is 4. The highest BCUT2D eigenvalue weighted by atomic mass is 16.5. The third-order valence-corrected chi connectivity index (χ3v) is 4.03. The standard InChI is InChI=1S/C14H22O4.C8H10O4/c1-3-5-7-17-13-9-12(16)14(10-11(13)15)18-8-6-4-2;1-11-7-3-6(10)8(12-2)4-5(7)9/h9-10,15-16H,3-8H2,1-2H3;3-4,9-10H,1-2H3. The maximum absolute atomic E-state index is 9.76. The van der Waals surface area contributed by atoms with Gasteiger partial charge in [-0.15, -0.1) is 0 Å². The number of benzene rings is 2. The smallest absolute Gasteiger partial charge is 0.164 e. The Balaban J connectivity index is 0.000000325. The zero-order valence-corrected chi connectivity index (χ0v) is 18.0. The van der Waals surface area contributed by atoms with Gasteiger partial charge in [0.05, 0.1) is 27.4 Å². The van der Waals surface area contributed by atoms with Crippen molar-refractivity contribution in [1.29, 1.82) is 0 Å². The fourth-order valence-electron chi connectivity index (χ4n) is 2.29. The summed E-state index contributed by atoms with van der Waals surface area (Å²) in [6.07, 6.45) is 3.86. The molecule has 168 valence electrons. The Morgan fingerprint density at radius 2 is 0.867 bits per heavy atom. The quantitative estimate of drug-likeness (QED) is 0.324. The number of rotatable bonds is 10. The van der Waals surface area contributed by atoms with Gasteiger partial charge in [0, 0.05) is 24.3 Å². The Hall–Kier alpha value is -3.16. The molecule has 0 fully saturated rings. The predicted octanol–water partition coefficient (Wildman–Crippen LogP) is 4.57. The van der Waals surface area contributed by atoms with Crippen LogP contribution in [0, 0.1) is 0 Å². The number of hydrogen-bond donors (Lipinski definition) is 4. The first-order valence-corrected chi connectivity index (χ1v) is 9.83. The Morgan fingerprint density at radius 1 is 0.567 bits per heavy atom. The Morgan fingerprint density at radius 3 is 1.17 bits per heavy atom. The molecule has 0 atom stereocenters. The van der Waals surface area contributed by atoms with Gasteiger partial charge >= 0.3 is 0 Å². The molecule has 4 N–H and O–H groups in total. The Kier molecular flexibility index (Phi) is 10.9. The molecule has 0 aliphatic heterocycles. The molecular formula is C22H32O8. The predicted molar refractivity (Wildman–Crippen MR) is 113 cm³/mol. The summed E-state index contributed by atoms with van der Waals surface area (Å²) in [6.45, 7) is 5.18. The normalized spacial score (nSPS) is 10.0. The van der Waals surface area contributed by atoms with E-state index in [1.807, 2.05) is 0 Å². The Labute approximate surface area is 177 Å². The molecule has 2 rings (SSSR count). The van der Waals surface area contributed by atoms with Crippen LogP contribution in [-0.2, 0) is 0 Å². The van der Waals surface area contributed by atoms with E-state index in [0.29, 0.717) is 24.7 Å². The summed E-state index contributed by atoms with van der Waals surface area (Å²) in [7, 11) is 2.81. The van der Waals surface area contributed by atoms with Crippen LogP contribution in [0.1, 0.15) is 39.5 Å². The summed E-state index contributed by atoms with van der Waals surface area (Å²) in [5.41, 5.74) is 0. The number of hydrogen-bond acceptors (Lipinski definition) is 8. The van der Waals surface area contributed by atoms with E-state index in [4.69, 9.17) is 18.9 Å². The molecule has 0 amide bonds. The lowest BCUT2D eigenvalue weighted by molar-refractivity contribution is 0.275. The molecule has 0 unspecified atom stereocenters. The highest BCUT2D eigenvalue weighted by Gasteiger charge is 2.11. The second-order valence-electron chi connectivity index (χ2n) is 6.39. The molecule has 2 aromatic rings. The molecule has 0 saturated heterocycles. The number of aromatic hydroxyl groups is 4. The SMILES string of the molecule is CCCCOc1cc(O)c(OCCCC)cc1O.COc1cc(O)c(OC)cc1O. The van der Waals surface area contributed by atoms with Crippen molar-refractivity contribution in [3.63, 3.8) is 0 Å². The van der Waals surface area contributed by atoms with E-state index < -0.39 is 0 Å². The lowest BCUT2D eigenvalue weighted by Gasteiger charge is -2.12. The van der Waals surface area contributed by atoms with Gasteiger partial charge in [-0.05, 0) is 12.8 Å². The van der Waals surface area contributed by atoms with Gasteiger partial charge in [-0.2, -0.15) is 0 Å². The topological polar surface area (TPSA) is 118 Å². The maximum Gasteiger partial charge on any atom is 0.164 e. The van der Waals surface area contributed by atoms with Crippen molar-refractivity contribution in [2.45, 2.75) is 39.5 Å². The van der Waals surface area contributed by atoms with Crippen LogP contribution in [0.5, 0.6) is 46.0 Å². The van der Waals surface area contributed by atoms with Gasteiger partial charge in [0.15, 0.2) is 46.0 Å². The molecule has 0 aliphatic rings. The van der Waals surface area contributed by atoms with Gasteiger partial charge in [0.2, 0.25) is 0 Å². The molecule has 2 aromatic carbocycles. The van der Waals surface area contributed by atoms with E-state index in [2.05, 4.69) is 13.8 Å². The van der Waals surface area contributed by atoms with Gasteiger partial charge < -0.3 is 39.4 Å². The zero-order valence-electron chi connectivity index (χ0n) is 18.0. The highest BCUT2D eigenvalue weighted by molar-refractivity contribution is 5.53. The average Bonchev–Trinajstić information content (AvgIpc) is 2.73. The average molecular weight is 424 g/mol. The van der Waals surface area contributed by atoms with Crippen molar-refractivity contribution in [2.75, 3.05) is 27.4 Å². The van der Waals surface area contributed by atoms with Gasteiger partial charge in [-0.3, -0.25) is 0 Å². The lowest BCUT2D eigenvalue weighted by Crippen LogP contribution is -1.99. The molecule has 0 aliphatic carbocycles. The van der Waals surface area contributed by atoms with E-state index in [-0.39, 0.29) is 34.5 Å². The number of phenols is 4. The van der Waals surface area contributed by atoms with E-state index in [1.165, 1.54) is 38.5 Å². The van der Waals surface area contributed by atoms with Crippen LogP contribution in [0.15, 0.2) is 24.3 Å². The minimum absolute atomic E-state index is 0.00426. The van der Waals surface area contributed by atoms with Crippen LogP contribution in [0.4, 0.5) is 0 Å². The summed E-state index contributed by atoms with van der Waals surface area (Å²) in [5.74, 6) is 0.888. The van der Waals surface area contributed by atoms with Crippen molar-refractivity contribution in [1.82, 2.24) is 0 Å². The monoisotopic (exact) mass is 424 g/mol. The molecule has 30 heavy (non-hydrogen) atoms. The van der Waals surface area contributed by atoms with Crippen LogP contribution in [0.25, 0.3) is 0 Å². The van der Waals surface area contributed by atoms with Crippen molar-refractivity contribution in [2.24, 2.45) is 0 Å². The second-order valence-corrected chi connectivity index (χ2v) is 6.39. The van der Waals surface area contributed by atoms with Crippen LogP contribution in [0.2, 0.25) is 0 Å². The Bertz CT molecular complexity index is 711. The highest BCUT2D eigenvalue weighted by Crippen LogP contribution is 2.38. The number of unbranched alkanes of at least 4 members (excludes halogenated alkanes) is 2. The summed E-state index contributed by atoms with van der Waals surface area (Å²) < 4.78 is 20.3. The van der Waals surface area contributed by atoms with E-state index in [1.54, 1.807) is 0 Å². The van der Waals surface area contributed by atoms with Crippen LogP contribution in [-0.4, -0.2) is 47.9 Å². The summed E-state index contributed by atoms with van der Waals surface area (Å²) in [5, 5.41) is 38.0. The molecule has 0 spiro atoms. The molecule has 8 heteroatoms. The van der Waals surface area contributed by atoms with Gasteiger partial charge in [0.1, 0.15) is 0 Å². The maximum atomic E-state index is 9.76. The van der Waals surface area contributed by atoms with Crippen molar-refractivity contribution >= 4 is 0 Å². The number of methoxy groups -OCH3 is 2. The first-order chi connectivity index (χ1) is 14.4. The largest absolute Gasteiger partial charge is 0.504 e. The summed E-state index contributed by atoms with van der Waals surface area (Å²) in [4.78, 5) is 0. The molecule has 0 aromatic heterocycles. The molecule has 0 bridgehead atoms. The molecular weight excluding hydrogens is 392 g/mol. The third kappa shape index (κ3) is 7.69.